The number of aromatic amines is 1. The molecule has 2 heterocycles. The lowest BCUT2D eigenvalue weighted by Crippen LogP contribution is -2.61. The van der Waals surface area contributed by atoms with Crippen LogP contribution in [0.2, 0.25) is 5.02 Å². The number of hydrogen-bond donors (Lipinski definition) is 3. The lowest BCUT2D eigenvalue weighted by Gasteiger charge is -2.42. The van der Waals surface area contributed by atoms with Gasteiger partial charge in [0.25, 0.3) is 5.91 Å². The third-order valence-electron chi connectivity index (χ3n) is 5.52. The van der Waals surface area contributed by atoms with Gasteiger partial charge in [-0.25, -0.2) is 0 Å². The summed E-state index contributed by atoms with van der Waals surface area (Å²) in [5.41, 5.74) is 2.22. The van der Waals surface area contributed by atoms with Crippen molar-refractivity contribution in [3.05, 3.63) is 70.9 Å². The number of nitrogens with zero attached hydrogens (tertiary/aromatic N) is 1. The Morgan fingerprint density at radius 1 is 1.29 bits per heavy atom. The molecule has 0 aliphatic carbocycles. The van der Waals surface area contributed by atoms with Crippen molar-refractivity contribution < 1.29 is 19.4 Å². The van der Waals surface area contributed by atoms with Crippen LogP contribution in [0.15, 0.2) is 54.6 Å². The second-order valence-electron chi connectivity index (χ2n) is 7.60. The average Bonchev–Trinajstić information content (AvgIpc) is 3.18. The highest BCUT2D eigenvalue weighted by Gasteiger charge is 2.38. The summed E-state index contributed by atoms with van der Waals surface area (Å²) in [5.74, 6) is -0.364. The molecule has 1 aliphatic rings. The molecule has 3 aromatic rings. The molecular formula is C23H24ClN3O4. The predicted molar refractivity (Wildman–Crippen MR) is 118 cm³/mol. The van der Waals surface area contributed by atoms with Gasteiger partial charge in [-0.15, -0.1) is 0 Å². The van der Waals surface area contributed by atoms with Crippen molar-refractivity contribution in [2.24, 2.45) is 0 Å². The summed E-state index contributed by atoms with van der Waals surface area (Å²) in [6.07, 6.45) is -0.323. The number of H-pyrrole nitrogens is 1. The fraction of sp³-hybridized carbons (Fsp3) is 0.304. The molecule has 3 atom stereocenters. The molecule has 1 amide bonds. The Hall–Kier alpha value is -2.71. The van der Waals surface area contributed by atoms with Gasteiger partial charge in [0.1, 0.15) is 12.0 Å². The van der Waals surface area contributed by atoms with E-state index in [0.717, 1.165) is 22.8 Å². The smallest absolute Gasteiger partial charge is 0.268 e. The maximum Gasteiger partial charge on any atom is 0.268 e. The number of carbonyl (C=O) groups is 2. The Bertz CT molecular complexity index is 1060. The number of rotatable bonds is 7. The van der Waals surface area contributed by atoms with E-state index in [1.165, 1.54) is 0 Å². The Labute approximate surface area is 185 Å². The number of halogens is 1. The monoisotopic (exact) mass is 441 g/mol. The Morgan fingerprint density at radius 2 is 2.10 bits per heavy atom. The number of carbonyl (C=O) groups excluding carboxylic acids is 2. The van der Waals surface area contributed by atoms with Crippen LogP contribution in [0.1, 0.15) is 22.5 Å². The molecule has 1 saturated heterocycles. The molecule has 8 heteroatoms. The van der Waals surface area contributed by atoms with Crippen LogP contribution in [0.4, 0.5) is 0 Å². The number of aliphatic hydroxyl groups excluding tert-OH is 1. The minimum Gasteiger partial charge on any atom is -0.367 e. The van der Waals surface area contributed by atoms with Crippen molar-refractivity contribution in [2.45, 2.75) is 31.3 Å². The van der Waals surface area contributed by atoms with Crippen LogP contribution in [0.5, 0.6) is 0 Å². The number of amides is 1. The molecule has 1 aliphatic heterocycles. The van der Waals surface area contributed by atoms with E-state index in [1.54, 1.807) is 24.3 Å². The van der Waals surface area contributed by atoms with Gasteiger partial charge in [-0.3, -0.25) is 9.69 Å². The van der Waals surface area contributed by atoms with E-state index >= 15 is 0 Å². The van der Waals surface area contributed by atoms with E-state index in [-0.39, 0.29) is 12.3 Å². The zero-order valence-electron chi connectivity index (χ0n) is 16.8. The Morgan fingerprint density at radius 3 is 2.87 bits per heavy atom. The van der Waals surface area contributed by atoms with E-state index in [4.69, 9.17) is 16.3 Å². The summed E-state index contributed by atoms with van der Waals surface area (Å²) < 4.78 is 5.46. The number of hydrogen-bond acceptors (Lipinski definition) is 5. The van der Waals surface area contributed by atoms with E-state index < -0.39 is 18.4 Å². The van der Waals surface area contributed by atoms with Gasteiger partial charge >= 0.3 is 0 Å². The highest BCUT2D eigenvalue weighted by molar-refractivity contribution is 6.31. The topological polar surface area (TPSA) is 94.7 Å². The van der Waals surface area contributed by atoms with Gasteiger partial charge < -0.3 is 24.9 Å². The van der Waals surface area contributed by atoms with Crippen LogP contribution < -0.4 is 5.32 Å². The number of aldehydes is 1. The van der Waals surface area contributed by atoms with Gasteiger partial charge in [0.05, 0.1) is 18.7 Å². The summed E-state index contributed by atoms with van der Waals surface area (Å²) in [6, 6.07) is 15.7. The molecule has 1 aromatic heterocycles. The van der Waals surface area contributed by atoms with Crippen molar-refractivity contribution >= 4 is 34.7 Å². The molecule has 0 radical (unpaired) electrons. The summed E-state index contributed by atoms with van der Waals surface area (Å²) in [5, 5.41) is 14.9. The van der Waals surface area contributed by atoms with Gasteiger partial charge in [0, 0.05) is 35.4 Å². The van der Waals surface area contributed by atoms with Gasteiger partial charge in [0.15, 0.2) is 6.29 Å². The van der Waals surface area contributed by atoms with E-state index in [9.17, 15) is 14.7 Å². The SMILES string of the molecule is O=CCC(NC(=O)c1cc2cc(Cl)ccc2[nH]1)C1[C@H](O)OCCN1Cc1ccccc1. The number of nitrogens with one attached hydrogen (secondary N) is 2. The zero-order chi connectivity index (χ0) is 21.8. The van der Waals surface area contributed by atoms with E-state index in [1.807, 2.05) is 35.2 Å². The normalized spacial score (nSPS) is 20.5. The number of ether oxygens (including phenoxy) is 1. The third kappa shape index (κ3) is 4.97. The first-order valence-electron chi connectivity index (χ1n) is 10.2. The molecule has 3 N–H and O–H groups in total. The first-order chi connectivity index (χ1) is 15.0. The Kier molecular flexibility index (Phi) is 6.67. The molecule has 4 rings (SSSR count). The van der Waals surface area contributed by atoms with Crippen LogP contribution in [0, 0.1) is 0 Å². The molecular weight excluding hydrogens is 418 g/mol. The standard InChI is InChI=1S/C23H24ClN3O4/c24-17-6-7-18-16(12-17)13-20(25-18)22(29)26-19(8-10-28)21-23(30)31-11-9-27(21)14-15-4-2-1-3-5-15/h1-7,10,12-13,19,21,23,25,30H,8-9,11,14H2,(H,26,29)/t19?,21?,23-/m1/s1. The molecule has 0 saturated carbocycles. The number of aliphatic hydroxyl groups is 1. The molecule has 2 aromatic carbocycles. The van der Waals surface area contributed by atoms with Crippen LogP contribution in [-0.2, 0) is 16.1 Å². The zero-order valence-corrected chi connectivity index (χ0v) is 17.6. The third-order valence-corrected chi connectivity index (χ3v) is 5.75. The largest absolute Gasteiger partial charge is 0.367 e. The van der Waals surface area contributed by atoms with Crippen LogP contribution in [0.25, 0.3) is 10.9 Å². The maximum atomic E-state index is 13.0. The van der Waals surface area contributed by atoms with Crippen LogP contribution in [-0.4, -0.2) is 58.7 Å². The predicted octanol–water partition coefficient (Wildman–Crippen LogP) is 2.73. The molecule has 162 valence electrons. The molecule has 2 unspecified atom stereocenters. The highest BCUT2D eigenvalue weighted by Crippen LogP contribution is 2.23. The highest BCUT2D eigenvalue weighted by atomic mass is 35.5. The summed E-state index contributed by atoms with van der Waals surface area (Å²) in [6.45, 7) is 1.52. The van der Waals surface area contributed by atoms with Gasteiger partial charge in [0.2, 0.25) is 0 Å². The minimum absolute atomic E-state index is 0.0498. The Balaban J connectivity index is 1.55. The number of benzene rings is 2. The van der Waals surface area contributed by atoms with Crippen molar-refractivity contribution in [1.82, 2.24) is 15.2 Å². The van der Waals surface area contributed by atoms with Crippen LogP contribution >= 0.6 is 11.6 Å². The van der Waals surface area contributed by atoms with Crippen molar-refractivity contribution in [2.75, 3.05) is 13.2 Å². The quantitative estimate of drug-likeness (QED) is 0.490. The van der Waals surface area contributed by atoms with Gasteiger partial charge in [-0.05, 0) is 29.8 Å². The van der Waals surface area contributed by atoms with Crippen molar-refractivity contribution in [3.63, 3.8) is 0 Å². The molecule has 7 nitrogen and oxygen atoms in total. The molecule has 31 heavy (non-hydrogen) atoms. The van der Waals surface area contributed by atoms with E-state index in [0.29, 0.717) is 30.4 Å². The number of morpholine rings is 1. The summed E-state index contributed by atoms with van der Waals surface area (Å²) in [4.78, 5) is 29.5. The second kappa shape index (κ2) is 9.62. The first kappa shape index (κ1) is 21.5. The minimum atomic E-state index is -1.12. The van der Waals surface area contributed by atoms with Crippen LogP contribution in [0.3, 0.4) is 0 Å². The van der Waals surface area contributed by atoms with Crippen molar-refractivity contribution in [1.29, 1.82) is 0 Å². The first-order valence-corrected chi connectivity index (χ1v) is 10.5. The van der Waals surface area contributed by atoms with Gasteiger partial charge in [-0.1, -0.05) is 41.9 Å². The maximum absolute atomic E-state index is 13.0. The second-order valence-corrected chi connectivity index (χ2v) is 8.04. The lowest BCUT2D eigenvalue weighted by molar-refractivity contribution is -0.188. The number of fused-ring (bicyclic) bond motifs is 1. The molecule has 0 bridgehead atoms. The molecule has 1 fully saturated rings. The fourth-order valence-electron chi connectivity index (χ4n) is 4.03. The number of aromatic nitrogens is 1. The summed E-state index contributed by atoms with van der Waals surface area (Å²) in [7, 11) is 0. The van der Waals surface area contributed by atoms with Gasteiger partial charge in [-0.2, -0.15) is 0 Å². The lowest BCUT2D eigenvalue weighted by atomic mass is 10.00. The fourth-order valence-corrected chi connectivity index (χ4v) is 4.21. The van der Waals surface area contributed by atoms with Crippen molar-refractivity contribution in [3.8, 4) is 0 Å². The molecule has 0 spiro atoms. The summed E-state index contributed by atoms with van der Waals surface area (Å²) >= 11 is 6.03. The average molecular weight is 442 g/mol. The van der Waals surface area contributed by atoms with E-state index in [2.05, 4.69) is 10.3 Å².